The van der Waals surface area contributed by atoms with Crippen LogP contribution in [0.5, 0.6) is 0 Å². The Bertz CT molecular complexity index is 1000. The van der Waals surface area contributed by atoms with Gasteiger partial charge in [0.2, 0.25) is 11.0 Å². The van der Waals surface area contributed by atoms with E-state index in [4.69, 9.17) is 0 Å². The summed E-state index contributed by atoms with van der Waals surface area (Å²) in [7, 11) is 0. The Hall–Kier alpha value is -1.93. The lowest BCUT2D eigenvalue weighted by Crippen LogP contribution is -2.60. The number of aromatic nitrogens is 2. The molecule has 0 unspecified atom stereocenters. The van der Waals surface area contributed by atoms with Gasteiger partial charge in [0.25, 0.3) is 5.91 Å². The highest BCUT2D eigenvalue weighted by Crippen LogP contribution is 2.55. The average molecular weight is 499 g/mol. The van der Waals surface area contributed by atoms with Crippen LogP contribution in [-0.2, 0) is 11.2 Å². The third kappa shape index (κ3) is 5.48. The molecule has 6 nitrogen and oxygen atoms in total. The van der Waals surface area contributed by atoms with Gasteiger partial charge in [-0.25, -0.2) is 0 Å². The Morgan fingerprint density at radius 1 is 1.06 bits per heavy atom. The van der Waals surface area contributed by atoms with Crippen molar-refractivity contribution in [3.8, 4) is 0 Å². The minimum Gasteiger partial charge on any atom is -0.350 e. The van der Waals surface area contributed by atoms with Gasteiger partial charge in [0, 0.05) is 16.9 Å². The van der Waals surface area contributed by atoms with Crippen molar-refractivity contribution in [1.29, 1.82) is 0 Å². The fourth-order valence-corrected chi connectivity index (χ4v) is 8.24. The second-order valence-electron chi connectivity index (χ2n) is 10.4. The van der Waals surface area contributed by atoms with Gasteiger partial charge in [-0.15, -0.1) is 22.0 Å². The van der Waals surface area contributed by atoms with Gasteiger partial charge in [-0.2, -0.15) is 0 Å². The van der Waals surface area contributed by atoms with Crippen LogP contribution < -0.4 is 10.6 Å². The normalized spacial score (nSPS) is 27.0. The number of carbonyl (C=O) groups is 2. The summed E-state index contributed by atoms with van der Waals surface area (Å²) in [5.74, 6) is 2.61. The smallest absolute Gasteiger partial charge is 0.258 e. The van der Waals surface area contributed by atoms with Crippen molar-refractivity contribution < 1.29 is 9.59 Å². The molecule has 1 aromatic carbocycles. The summed E-state index contributed by atoms with van der Waals surface area (Å²) >= 11 is 2.87. The molecule has 4 saturated carbocycles. The molecule has 4 aliphatic rings. The quantitative estimate of drug-likeness (QED) is 0.324. The van der Waals surface area contributed by atoms with Crippen molar-refractivity contribution in [2.45, 2.75) is 81.6 Å². The van der Waals surface area contributed by atoms with E-state index in [0.29, 0.717) is 16.4 Å². The third-order valence-corrected chi connectivity index (χ3v) is 9.59. The van der Waals surface area contributed by atoms with E-state index >= 15 is 0 Å². The maximum Gasteiger partial charge on any atom is 0.258 e. The van der Waals surface area contributed by atoms with Gasteiger partial charge in [0.15, 0.2) is 0 Å². The maximum absolute atomic E-state index is 13.0. The van der Waals surface area contributed by atoms with E-state index in [1.807, 2.05) is 18.2 Å². The number of rotatable bonds is 10. The van der Waals surface area contributed by atoms with E-state index in [-0.39, 0.29) is 17.4 Å². The summed E-state index contributed by atoms with van der Waals surface area (Å²) in [6.45, 7) is 2.17. The van der Waals surface area contributed by atoms with Crippen molar-refractivity contribution in [3.05, 3.63) is 34.8 Å². The first-order chi connectivity index (χ1) is 16.5. The molecule has 0 aliphatic heterocycles. The molecule has 2 amide bonds. The zero-order chi connectivity index (χ0) is 23.5. The molecule has 4 fully saturated rings. The number of benzene rings is 1. The first-order valence-electron chi connectivity index (χ1n) is 12.7. The molecule has 1 heterocycles. The number of hydrogen-bond acceptors (Lipinski definition) is 6. The Kier molecular flexibility index (Phi) is 7.25. The highest BCUT2D eigenvalue weighted by molar-refractivity contribution is 8.00. The number of nitrogens with zero attached hydrogens (tertiary/aromatic N) is 2. The Labute approximate surface area is 210 Å². The number of carbonyl (C=O) groups excluding carboxylic acids is 2. The lowest BCUT2D eigenvalue weighted by atomic mass is 9.53. The van der Waals surface area contributed by atoms with Gasteiger partial charge in [-0.3, -0.25) is 14.9 Å². The molecule has 0 saturated heterocycles. The summed E-state index contributed by atoms with van der Waals surface area (Å²) in [5.41, 5.74) is 0.591. The third-order valence-electron chi connectivity index (χ3n) is 7.61. The zero-order valence-electron chi connectivity index (χ0n) is 19.8. The van der Waals surface area contributed by atoms with Crippen LogP contribution in [0.3, 0.4) is 0 Å². The molecule has 2 aromatic rings. The van der Waals surface area contributed by atoms with Crippen molar-refractivity contribution in [3.63, 3.8) is 0 Å². The molecule has 182 valence electrons. The van der Waals surface area contributed by atoms with Crippen LogP contribution in [0.25, 0.3) is 0 Å². The molecule has 34 heavy (non-hydrogen) atoms. The molecular weight excluding hydrogens is 464 g/mol. The van der Waals surface area contributed by atoms with Crippen LogP contribution in [0.2, 0.25) is 0 Å². The summed E-state index contributed by atoms with van der Waals surface area (Å²) in [5, 5.41) is 16.1. The fraction of sp³-hybridized carbons (Fsp3) is 0.615. The number of aryl methyl sites for hydroxylation is 1. The summed E-state index contributed by atoms with van der Waals surface area (Å²) < 4.78 is 0. The summed E-state index contributed by atoms with van der Waals surface area (Å²) in [6.07, 6.45) is 11.9. The number of nitrogens with one attached hydrogen (secondary N) is 2. The van der Waals surface area contributed by atoms with Crippen molar-refractivity contribution >= 4 is 40.0 Å². The van der Waals surface area contributed by atoms with E-state index in [9.17, 15) is 9.59 Å². The number of amides is 2. The van der Waals surface area contributed by atoms with E-state index in [1.54, 1.807) is 6.07 Å². The Balaban J connectivity index is 1.16. The van der Waals surface area contributed by atoms with E-state index in [0.717, 1.165) is 66.2 Å². The molecule has 8 heteroatoms. The van der Waals surface area contributed by atoms with E-state index in [1.165, 1.54) is 48.8 Å². The molecule has 0 radical (unpaired) electrons. The van der Waals surface area contributed by atoms with Gasteiger partial charge >= 0.3 is 0 Å². The van der Waals surface area contributed by atoms with Gasteiger partial charge in [0.05, 0.1) is 11.3 Å². The van der Waals surface area contributed by atoms with Gasteiger partial charge < -0.3 is 5.32 Å². The monoisotopic (exact) mass is 498 g/mol. The predicted octanol–water partition coefficient (Wildman–Crippen LogP) is 5.70. The Morgan fingerprint density at radius 3 is 2.47 bits per heavy atom. The summed E-state index contributed by atoms with van der Waals surface area (Å²) in [6, 6.07) is 7.48. The lowest BCUT2D eigenvalue weighted by molar-refractivity contribution is -0.124. The summed E-state index contributed by atoms with van der Waals surface area (Å²) in [4.78, 5) is 26.7. The Morgan fingerprint density at radius 2 is 1.76 bits per heavy atom. The topological polar surface area (TPSA) is 84.0 Å². The van der Waals surface area contributed by atoms with E-state index in [2.05, 4.69) is 27.8 Å². The SMILES string of the molecule is CCCCCc1nnc(NC(=O)c2ccccc2SCC(=O)NC23CC4CC(CC(C4)C2)C3)s1. The lowest BCUT2D eigenvalue weighted by Gasteiger charge is -2.56. The minimum absolute atomic E-state index is 0.0238. The molecule has 6 rings (SSSR count). The van der Waals surface area contributed by atoms with Crippen LogP contribution in [0, 0.1) is 17.8 Å². The van der Waals surface area contributed by atoms with Gasteiger partial charge in [0.1, 0.15) is 5.01 Å². The van der Waals surface area contributed by atoms with Crippen LogP contribution in [0.4, 0.5) is 5.13 Å². The van der Waals surface area contributed by atoms with Crippen LogP contribution >= 0.6 is 23.1 Å². The molecule has 4 aliphatic carbocycles. The van der Waals surface area contributed by atoms with Crippen LogP contribution in [-0.4, -0.2) is 33.3 Å². The highest BCUT2D eigenvalue weighted by Gasteiger charge is 2.51. The first-order valence-corrected chi connectivity index (χ1v) is 14.5. The van der Waals surface area contributed by atoms with Crippen LogP contribution in [0.1, 0.15) is 80.1 Å². The molecule has 0 atom stereocenters. The average Bonchev–Trinajstić information content (AvgIpc) is 3.24. The van der Waals surface area contributed by atoms with Gasteiger partial charge in [-0.1, -0.05) is 43.2 Å². The molecule has 0 spiro atoms. The minimum atomic E-state index is -0.208. The van der Waals surface area contributed by atoms with Crippen LogP contribution in [0.15, 0.2) is 29.2 Å². The highest BCUT2D eigenvalue weighted by atomic mass is 32.2. The molecule has 4 bridgehead atoms. The van der Waals surface area contributed by atoms with Gasteiger partial charge in [-0.05, 0) is 74.8 Å². The predicted molar refractivity (Wildman–Crippen MR) is 137 cm³/mol. The number of hydrogen-bond donors (Lipinski definition) is 2. The number of unbranched alkanes of at least 4 members (excludes halogenated alkanes) is 2. The number of thioether (sulfide) groups is 1. The maximum atomic E-state index is 13.0. The second-order valence-corrected chi connectivity index (χ2v) is 12.5. The number of anilines is 1. The van der Waals surface area contributed by atoms with Crippen molar-refractivity contribution in [2.24, 2.45) is 17.8 Å². The largest absolute Gasteiger partial charge is 0.350 e. The first kappa shape index (κ1) is 23.8. The van der Waals surface area contributed by atoms with Crippen molar-refractivity contribution in [1.82, 2.24) is 15.5 Å². The van der Waals surface area contributed by atoms with Crippen molar-refractivity contribution in [2.75, 3.05) is 11.1 Å². The molecular formula is C26H34N4O2S2. The van der Waals surface area contributed by atoms with E-state index < -0.39 is 0 Å². The zero-order valence-corrected chi connectivity index (χ0v) is 21.5. The molecule has 2 N–H and O–H groups in total. The molecule has 1 aromatic heterocycles. The second kappa shape index (κ2) is 10.4. The fourth-order valence-electron chi connectivity index (χ4n) is 6.61. The standard InChI is InChI=1S/C26H34N4O2S2/c1-2-3-4-9-23-29-30-25(34-23)27-24(32)20-7-5-6-8-21(20)33-16-22(31)28-26-13-17-10-18(14-26)12-19(11-17)15-26/h5-8,17-19H,2-4,9-16H2,1H3,(H,28,31)(H,27,30,32).